The second-order valence-electron chi connectivity index (χ2n) is 8.37. The van der Waals surface area contributed by atoms with Gasteiger partial charge in [0.15, 0.2) is 28.6 Å². The average molecular weight is 499 g/mol. The number of nitrogens with zero attached hydrogens (tertiary/aromatic N) is 3. The van der Waals surface area contributed by atoms with Crippen LogP contribution in [0.25, 0.3) is 0 Å². The summed E-state index contributed by atoms with van der Waals surface area (Å²) in [6.45, 7) is 6.69. The highest BCUT2D eigenvalue weighted by Gasteiger charge is 2.31. The molecule has 0 unspecified atom stereocenters. The molecule has 5 rings (SSSR count). The number of nitrogens with one attached hydrogen (secondary N) is 1. The molecule has 0 saturated heterocycles. The third-order valence-corrected chi connectivity index (χ3v) is 6.97. The van der Waals surface area contributed by atoms with Gasteiger partial charge in [0.1, 0.15) is 11.9 Å². The van der Waals surface area contributed by atoms with E-state index in [1.54, 1.807) is 6.08 Å². The number of anilines is 1. The molecule has 0 radical (unpaired) electrons. The Bertz CT molecular complexity index is 1350. The molecular weight excluding hydrogens is 472 g/mol. The minimum Gasteiger partial charge on any atom is -0.485 e. The molecule has 0 aliphatic carbocycles. The number of aryl methyl sites for hydroxylation is 1. The molecule has 0 spiro atoms. The van der Waals surface area contributed by atoms with Gasteiger partial charge in [0, 0.05) is 12.2 Å². The van der Waals surface area contributed by atoms with E-state index in [1.165, 1.54) is 11.8 Å². The van der Waals surface area contributed by atoms with Crippen molar-refractivity contribution >= 4 is 23.4 Å². The fourth-order valence-corrected chi connectivity index (χ4v) is 4.98. The maximum Gasteiger partial charge on any atom is 0.242 e. The maximum absolute atomic E-state index is 13.5. The van der Waals surface area contributed by atoms with Crippen molar-refractivity contribution in [1.29, 1.82) is 0 Å². The van der Waals surface area contributed by atoms with Gasteiger partial charge in [0.05, 0.1) is 0 Å². The molecule has 182 valence electrons. The van der Waals surface area contributed by atoms with Gasteiger partial charge in [-0.3, -0.25) is 9.36 Å². The first kappa shape index (κ1) is 23.7. The molecule has 8 heteroatoms. The Hall–Kier alpha value is -4.04. The Morgan fingerprint density at radius 3 is 2.56 bits per heavy atom. The van der Waals surface area contributed by atoms with E-state index in [0.717, 1.165) is 16.8 Å². The molecule has 4 aromatic rings. The number of hydrogen-bond donors (Lipinski definition) is 1. The molecule has 0 fully saturated rings. The van der Waals surface area contributed by atoms with Gasteiger partial charge in [0.2, 0.25) is 5.91 Å². The molecule has 2 heterocycles. The van der Waals surface area contributed by atoms with Crippen LogP contribution >= 0.6 is 11.8 Å². The fraction of sp³-hybridized carbons (Fsp3) is 0.179. The van der Waals surface area contributed by atoms with Gasteiger partial charge in [0.25, 0.3) is 0 Å². The summed E-state index contributed by atoms with van der Waals surface area (Å²) in [6, 6.07) is 24.9. The number of allylic oxidation sites excluding steroid dienone is 1. The lowest BCUT2D eigenvalue weighted by Gasteiger charge is -2.26. The number of para-hydroxylation sites is 2. The zero-order chi connectivity index (χ0) is 24.9. The molecule has 1 N–H and O–H groups in total. The first-order chi connectivity index (χ1) is 17.6. The predicted octanol–water partition coefficient (Wildman–Crippen LogP) is 5.76. The van der Waals surface area contributed by atoms with Crippen LogP contribution in [0.4, 0.5) is 5.69 Å². The van der Waals surface area contributed by atoms with Gasteiger partial charge in [-0.15, -0.1) is 16.8 Å². The van der Waals surface area contributed by atoms with E-state index in [2.05, 4.69) is 22.1 Å². The number of rotatable bonds is 8. The lowest BCUT2D eigenvalue weighted by Crippen LogP contribution is -2.25. The number of ether oxygens (including phenoxy) is 2. The molecule has 2 atom stereocenters. The van der Waals surface area contributed by atoms with Gasteiger partial charge < -0.3 is 14.8 Å². The minimum atomic E-state index is -0.544. The Morgan fingerprint density at radius 2 is 1.81 bits per heavy atom. The molecule has 1 aliphatic rings. The third-order valence-electron chi connectivity index (χ3n) is 5.74. The molecule has 1 aromatic heterocycles. The normalized spacial score (nSPS) is 15.2. The SMILES string of the molecule is C=CCn1c(S[C@H](C(=O)Nc2ccc(C)cc2)c2ccccc2)nnc1[C@H]1COc2ccccc2O1. The van der Waals surface area contributed by atoms with Crippen molar-refractivity contribution in [3.05, 3.63) is 108 Å². The van der Waals surface area contributed by atoms with Gasteiger partial charge >= 0.3 is 0 Å². The van der Waals surface area contributed by atoms with Crippen LogP contribution in [0, 0.1) is 6.92 Å². The third kappa shape index (κ3) is 5.13. The summed E-state index contributed by atoms with van der Waals surface area (Å²) in [5, 5.41) is 12.0. The van der Waals surface area contributed by atoms with Crippen LogP contribution in [0.2, 0.25) is 0 Å². The highest BCUT2D eigenvalue weighted by atomic mass is 32.2. The number of thioether (sulfide) groups is 1. The zero-order valence-corrected chi connectivity index (χ0v) is 20.7. The van der Waals surface area contributed by atoms with Crippen molar-refractivity contribution in [3.63, 3.8) is 0 Å². The summed E-state index contributed by atoms with van der Waals surface area (Å²) in [7, 11) is 0. The lowest BCUT2D eigenvalue weighted by atomic mass is 10.1. The van der Waals surface area contributed by atoms with E-state index >= 15 is 0 Å². The van der Waals surface area contributed by atoms with Crippen molar-refractivity contribution < 1.29 is 14.3 Å². The zero-order valence-electron chi connectivity index (χ0n) is 19.8. The van der Waals surface area contributed by atoms with E-state index in [4.69, 9.17) is 9.47 Å². The predicted molar refractivity (Wildman–Crippen MR) is 140 cm³/mol. The van der Waals surface area contributed by atoms with Crippen molar-refractivity contribution in [2.24, 2.45) is 0 Å². The first-order valence-electron chi connectivity index (χ1n) is 11.6. The van der Waals surface area contributed by atoms with Gasteiger partial charge in [-0.05, 0) is 36.8 Å². The van der Waals surface area contributed by atoms with E-state index in [-0.39, 0.29) is 5.91 Å². The Balaban J connectivity index is 1.43. The van der Waals surface area contributed by atoms with E-state index in [0.29, 0.717) is 35.6 Å². The van der Waals surface area contributed by atoms with E-state index in [1.807, 2.05) is 90.4 Å². The number of hydrogen-bond acceptors (Lipinski definition) is 6. The Morgan fingerprint density at radius 1 is 1.08 bits per heavy atom. The minimum absolute atomic E-state index is 0.143. The number of carbonyl (C=O) groups excluding carboxylic acids is 1. The average Bonchev–Trinajstić information content (AvgIpc) is 3.31. The summed E-state index contributed by atoms with van der Waals surface area (Å²) in [6.07, 6.45) is 1.34. The molecule has 3 aromatic carbocycles. The second kappa shape index (κ2) is 10.7. The van der Waals surface area contributed by atoms with Crippen LogP contribution in [0.5, 0.6) is 11.5 Å². The molecule has 1 amide bonds. The number of carbonyl (C=O) groups is 1. The first-order valence-corrected chi connectivity index (χ1v) is 12.5. The standard InChI is InChI=1S/C28H26N4O3S/c1-3-17-32-26(24-18-34-22-11-7-8-12-23(22)35-24)30-31-28(32)36-25(20-9-5-4-6-10-20)27(33)29-21-15-13-19(2)14-16-21/h3-16,24-25H,1,17-18H2,2H3,(H,29,33)/t24-,25+/m1/s1. The van der Waals surface area contributed by atoms with Crippen molar-refractivity contribution in [1.82, 2.24) is 14.8 Å². The Kier molecular flexibility index (Phi) is 7.04. The van der Waals surface area contributed by atoms with Gasteiger partial charge in [-0.1, -0.05) is 78.0 Å². The van der Waals surface area contributed by atoms with Crippen LogP contribution in [0.15, 0.2) is 96.7 Å². The second-order valence-corrected chi connectivity index (χ2v) is 9.44. The summed E-state index contributed by atoms with van der Waals surface area (Å²) in [5.41, 5.74) is 2.74. The molecule has 1 aliphatic heterocycles. The summed E-state index contributed by atoms with van der Waals surface area (Å²) >= 11 is 1.34. The van der Waals surface area contributed by atoms with E-state index < -0.39 is 11.4 Å². The molecular formula is C28H26N4O3S. The van der Waals surface area contributed by atoms with E-state index in [9.17, 15) is 4.79 Å². The Labute approximate surface area is 214 Å². The van der Waals surface area contributed by atoms with Crippen molar-refractivity contribution in [2.75, 3.05) is 11.9 Å². The highest BCUT2D eigenvalue weighted by molar-refractivity contribution is 8.00. The molecule has 0 bridgehead atoms. The number of fused-ring (bicyclic) bond motifs is 1. The van der Waals surface area contributed by atoms with Gasteiger partial charge in [-0.25, -0.2) is 0 Å². The quantitative estimate of drug-likeness (QED) is 0.246. The highest BCUT2D eigenvalue weighted by Crippen LogP contribution is 2.39. The summed E-state index contributed by atoms with van der Waals surface area (Å²) < 4.78 is 14.0. The monoisotopic (exact) mass is 498 g/mol. The van der Waals surface area contributed by atoms with Crippen LogP contribution in [-0.2, 0) is 11.3 Å². The van der Waals surface area contributed by atoms with Gasteiger partial charge in [-0.2, -0.15) is 0 Å². The number of benzene rings is 3. The van der Waals surface area contributed by atoms with Crippen LogP contribution in [0.1, 0.15) is 28.3 Å². The molecule has 36 heavy (non-hydrogen) atoms. The summed E-state index contributed by atoms with van der Waals surface area (Å²) in [5.74, 6) is 1.85. The fourth-order valence-electron chi connectivity index (χ4n) is 3.92. The number of amides is 1. The topological polar surface area (TPSA) is 78.3 Å². The van der Waals surface area contributed by atoms with Crippen LogP contribution < -0.4 is 14.8 Å². The lowest BCUT2D eigenvalue weighted by molar-refractivity contribution is -0.115. The van der Waals surface area contributed by atoms with Crippen LogP contribution in [0.3, 0.4) is 0 Å². The molecule has 0 saturated carbocycles. The molecule has 7 nitrogen and oxygen atoms in total. The smallest absolute Gasteiger partial charge is 0.242 e. The number of aromatic nitrogens is 3. The van der Waals surface area contributed by atoms with Crippen LogP contribution in [-0.4, -0.2) is 27.3 Å². The summed E-state index contributed by atoms with van der Waals surface area (Å²) in [4.78, 5) is 13.5. The largest absolute Gasteiger partial charge is 0.485 e. The van der Waals surface area contributed by atoms with Crippen molar-refractivity contribution in [2.45, 2.75) is 30.0 Å². The maximum atomic E-state index is 13.5. The van der Waals surface area contributed by atoms with Crippen molar-refractivity contribution in [3.8, 4) is 11.5 Å².